The summed E-state index contributed by atoms with van der Waals surface area (Å²) in [4.78, 5) is 2.37. The van der Waals surface area contributed by atoms with E-state index < -0.39 is 5.60 Å². The molecule has 1 aromatic carbocycles. The fourth-order valence-corrected chi connectivity index (χ4v) is 3.24. The molecule has 2 aliphatic rings. The summed E-state index contributed by atoms with van der Waals surface area (Å²) >= 11 is 0. The summed E-state index contributed by atoms with van der Waals surface area (Å²) in [6, 6.07) is 8.97. The van der Waals surface area contributed by atoms with E-state index in [1.54, 1.807) is 0 Å². The van der Waals surface area contributed by atoms with Crippen LogP contribution in [0, 0.1) is 6.92 Å². The number of fused-ring (bicyclic) bond motifs is 2. The normalized spacial score (nSPS) is 36.6. The number of rotatable bonds is 1. The van der Waals surface area contributed by atoms with E-state index >= 15 is 0 Å². The lowest BCUT2D eigenvalue weighted by Gasteiger charge is -2.50. The number of piperidine rings is 1. The first-order chi connectivity index (χ1) is 8.58. The molecule has 3 heteroatoms. The molecule has 0 radical (unpaired) electrons. The number of ether oxygens (including phenoxy) is 1. The van der Waals surface area contributed by atoms with Crippen LogP contribution >= 0.6 is 0 Å². The third-order valence-corrected chi connectivity index (χ3v) is 4.51. The third-order valence-electron chi connectivity index (χ3n) is 4.51. The second-order valence-corrected chi connectivity index (χ2v) is 5.82. The van der Waals surface area contributed by atoms with Crippen LogP contribution in [0.15, 0.2) is 24.3 Å². The Morgan fingerprint density at radius 2 is 1.72 bits per heavy atom. The zero-order chi connectivity index (χ0) is 12.8. The summed E-state index contributed by atoms with van der Waals surface area (Å²) in [5, 5.41) is 11.0. The van der Waals surface area contributed by atoms with Crippen molar-refractivity contribution < 1.29 is 9.84 Å². The van der Waals surface area contributed by atoms with Crippen molar-refractivity contribution in [1.29, 1.82) is 0 Å². The zero-order valence-corrected chi connectivity index (χ0v) is 11.1. The van der Waals surface area contributed by atoms with Gasteiger partial charge in [0.15, 0.2) is 0 Å². The van der Waals surface area contributed by atoms with E-state index in [1.807, 2.05) is 0 Å². The van der Waals surface area contributed by atoms with Gasteiger partial charge in [0.1, 0.15) is 0 Å². The van der Waals surface area contributed by atoms with Gasteiger partial charge in [-0.05, 0) is 32.4 Å². The molecule has 2 saturated heterocycles. The van der Waals surface area contributed by atoms with Gasteiger partial charge in [0.2, 0.25) is 0 Å². The Labute approximate surface area is 108 Å². The van der Waals surface area contributed by atoms with Crippen LogP contribution in [0.1, 0.15) is 24.0 Å². The van der Waals surface area contributed by atoms with Gasteiger partial charge in [-0.2, -0.15) is 0 Å². The first kappa shape index (κ1) is 12.2. The average molecular weight is 247 g/mol. The highest BCUT2D eigenvalue weighted by atomic mass is 16.5. The number of morpholine rings is 1. The number of hydrogen-bond donors (Lipinski definition) is 1. The highest BCUT2D eigenvalue weighted by Gasteiger charge is 2.45. The Morgan fingerprint density at radius 3 is 2.28 bits per heavy atom. The molecule has 2 atom stereocenters. The third kappa shape index (κ3) is 1.96. The van der Waals surface area contributed by atoms with Crippen LogP contribution in [0.4, 0.5) is 0 Å². The standard InChI is InChI=1S/C15H21NO2/c1-11-3-5-12(6-4-11)15(17)7-13-9-18-10-14(8-15)16(13)2/h3-6,13-14,17H,7-10H2,1-2H3. The molecule has 0 spiro atoms. The summed E-state index contributed by atoms with van der Waals surface area (Å²) in [6.45, 7) is 3.55. The predicted molar refractivity (Wildman–Crippen MR) is 70.5 cm³/mol. The SMILES string of the molecule is Cc1ccc(C2(O)CC3COCC(C2)N3C)cc1. The molecule has 0 saturated carbocycles. The van der Waals surface area contributed by atoms with Crippen molar-refractivity contribution >= 4 is 0 Å². The number of aryl methyl sites for hydroxylation is 1. The van der Waals surface area contributed by atoms with E-state index in [0.717, 1.165) is 31.6 Å². The Balaban J connectivity index is 1.89. The number of hydrogen-bond acceptors (Lipinski definition) is 3. The van der Waals surface area contributed by atoms with E-state index in [-0.39, 0.29) is 0 Å². The summed E-state index contributed by atoms with van der Waals surface area (Å²) in [6.07, 6.45) is 1.53. The quantitative estimate of drug-likeness (QED) is 0.819. The van der Waals surface area contributed by atoms with Crippen molar-refractivity contribution in [1.82, 2.24) is 4.90 Å². The molecule has 1 aromatic rings. The Kier molecular flexibility index (Phi) is 2.93. The second-order valence-electron chi connectivity index (χ2n) is 5.82. The molecule has 3 nitrogen and oxygen atoms in total. The Bertz CT molecular complexity index is 415. The molecule has 3 rings (SSSR count). The van der Waals surface area contributed by atoms with E-state index in [0.29, 0.717) is 12.1 Å². The Hall–Kier alpha value is -0.900. The topological polar surface area (TPSA) is 32.7 Å². The van der Waals surface area contributed by atoms with Gasteiger partial charge in [-0.15, -0.1) is 0 Å². The fraction of sp³-hybridized carbons (Fsp3) is 0.600. The molecule has 0 aromatic heterocycles. The number of nitrogens with zero attached hydrogens (tertiary/aromatic N) is 1. The van der Waals surface area contributed by atoms with Crippen molar-refractivity contribution in [2.75, 3.05) is 20.3 Å². The van der Waals surface area contributed by atoms with E-state index in [1.165, 1.54) is 5.56 Å². The van der Waals surface area contributed by atoms with Gasteiger partial charge in [-0.3, -0.25) is 4.90 Å². The van der Waals surface area contributed by atoms with Crippen LogP contribution in [-0.4, -0.2) is 42.4 Å². The lowest BCUT2D eigenvalue weighted by Crippen LogP contribution is -2.59. The minimum Gasteiger partial charge on any atom is -0.385 e. The second kappa shape index (κ2) is 4.34. The van der Waals surface area contributed by atoms with Gasteiger partial charge in [0.05, 0.1) is 18.8 Å². The highest BCUT2D eigenvalue weighted by Crippen LogP contribution is 2.40. The zero-order valence-electron chi connectivity index (χ0n) is 11.1. The van der Waals surface area contributed by atoms with Crippen molar-refractivity contribution in [3.8, 4) is 0 Å². The van der Waals surface area contributed by atoms with Gasteiger partial charge >= 0.3 is 0 Å². The van der Waals surface area contributed by atoms with Gasteiger partial charge in [-0.1, -0.05) is 29.8 Å². The largest absolute Gasteiger partial charge is 0.385 e. The molecule has 2 unspecified atom stereocenters. The lowest BCUT2D eigenvalue weighted by molar-refractivity contribution is -0.137. The number of benzene rings is 1. The maximum atomic E-state index is 11.0. The molecule has 2 bridgehead atoms. The summed E-state index contributed by atoms with van der Waals surface area (Å²) in [5.74, 6) is 0. The van der Waals surface area contributed by atoms with Gasteiger partial charge < -0.3 is 9.84 Å². The Morgan fingerprint density at radius 1 is 1.17 bits per heavy atom. The van der Waals surface area contributed by atoms with Crippen molar-refractivity contribution in [2.45, 2.75) is 37.5 Å². The van der Waals surface area contributed by atoms with Gasteiger partial charge in [0.25, 0.3) is 0 Å². The van der Waals surface area contributed by atoms with Crippen molar-refractivity contribution in [2.24, 2.45) is 0 Å². The highest BCUT2D eigenvalue weighted by molar-refractivity contribution is 5.28. The van der Waals surface area contributed by atoms with Crippen LogP contribution in [0.2, 0.25) is 0 Å². The smallest absolute Gasteiger partial charge is 0.0928 e. The molecule has 2 heterocycles. The van der Waals surface area contributed by atoms with Crippen LogP contribution in [-0.2, 0) is 10.3 Å². The van der Waals surface area contributed by atoms with Gasteiger partial charge in [0, 0.05) is 12.1 Å². The average Bonchev–Trinajstić information content (AvgIpc) is 2.32. The first-order valence-corrected chi connectivity index (χ1v) is 6.68. The minimum atomic E-state index is -0.681. The van der Waals surface area contributed by atoms with E-state index in [9.17, 15) is 5.11 Å². The summed E-state index contributed by atoms with van der Waals surface area (Å²) < 4.78 is 5.60. The van der Waals surface area contributed by atoms with Gasteiger partial charge in [-0.25, -0.2) is 0 Å². The van der Waals surface area contributed by atoms with Crippen LogP contribution in [0.3, 0.4) is 0 Å². The molecule has 18 heavy (non-hydrogen) atoms. The molecule has 0 aliphatic carbocycles. The monoisotopic (exact) mass is 247 g/mol. The number of aliphatic hydroxyl groups is 1. The van der Waals surface area contributed by atoms with Crippen molar-refractivity contribution in [3.63, 3.8) is 0 Å². The van der Waals surface area contributed by atoms with Crippen LogP contribution in [0.5, 0.6) is 0 Å². The molecular weight excluding hydrogens is 226 g/mol. The molecule has 2 fully saturated rings. The maximum Gasteiger partial charge on any atom is 0.0928 e. The molecule has 2 aliphatic heterocycles. The van der Waals surface area contributed by atoms with Crippen molar-refractivity contribution in [3.05, 3.63) is 35.4 Å². The summed E-state index contributed by atoms with van der Waals surface area (Å²) in [7, 11) is 2.15. The fourth-order valence-electron chi connectivity index (χ4n) is 3.24. The first-order valence-electron chi connectivity index (χ1n) is 6.68. The lowest BCUT2D eigenvalue weighted by atomic mass is 9.77. The molecular formula is C15H21NO2. The van der Waals surface area contributed by atoms with Crippen LogP contribution in [0.25, 0.3) is 0 Å². The number of likely N-dealkylation sites (N-methyl/N-ethyl adjacent to an activating group) is 1. The molecule has 1 N–H and O–H groups in total. The molecule has 98 valence electrons. The maximum absolute atomic E-state index is 11.0. The predicted octanol–water partition coefficient (Wildman–Crippen LogP) is 1.68. The van der Waals surface area contributed by atoms with Crippen LogP contribution < -0.4 is 0 Å². The van der Waals surface area contributed by atoms with E-state index in [4.69, 9.17) is 4.74 Å². The van der Waals surface area contributed by atoms with E-state index in [2.05, 4.69) is 43.1 Å². The minimum absolute atomic E-state index is 0.337. The summed E-state index contributed by atoms with van der Waals surface area (Å²) in [5.41, 5.74) is 1.61. The molecule has 0 amide bonds.